The average Bonchev–Trinajstić information content (AvgIpc) is 2.64. The molecule has 2 amide bonds. The molecule has 0 bridgehead atoms. The minimum Gasteiger partial charge on any atom is -0.399 e. The van der Waals surface area contributed by atoms with Crippen LogP contribution in [0.25, 0.3) is 0 Å². The van der Waals surface area contributed by atoms with Crippen LogP contribution in [0.4, 0.5) is 17.1 Å². The average molecular weight is 345 g/mol. The first-order valence-electron chi connectivity index (χ1n) is 8.17. The monoisotopic (exact) mass is 345 g/mol. The number of carbonyl (C=O) groups excluding carboxylic acids is 2. The van der Waals surface area contributed by atoms with Crippen LogP contribution in [0.1, 0.15) is 26.3 Å². The Morgan fingerprint density at radius 2 is 1.31 bits per heavy atom. The van der Waals surface area contributed by atoms with Crippen molar-refractivity contribution in [2.75, 3.05) is 16.4 Å². The number of nitrogen functional groups attached to an aromatic ring is 1. The maximum atomic E-state index is 12.7. The Balaban J connectivity index is 1.81. The summed E-state index contributed by atoms with van der Waals surface area (Å²) in [5.41, 5.74) is 9.22. The predicted octanol–water partition coefficient (Wildman–Crippen LogP) is 4.08. The lowest BCUT2D eigenvalue weighted by Crippen LogP contribution is -2.18. The topological polar surface area (TPSA) is 84.2 Å². The number of anilines is 3. The van der Waals surface area contributed by atoms with E-state index >= 15 is 0 Å². The fourth-order valence-corrected chi connectivity index (χ4v) is 2.52. The van der Waals surface area contributed by atoms with Crippen molar-refractivity contribution in [3.05, 3.63) is 89.5 Å². The van der Waals surface area contributed by atoms with Gasteiger partial charge in [-0.05, 0) is 55.0 Å². The SMILES string of the molecule is Cc1ccccc1NC(=O)c1ccccc1NC(=O)c1ccc(N)cc1. The largest absolute Gasteiger partial charge is 0.399 e. The smallest absolute Gasteiger partial charge is 0.257 e. The number of nitrogens with two attached hydrogens (primary N) is 1. The standard InChI is InChI=1S/C21H19N3O2/c1-14-6-2-4-8-18(14)23-21(26)17-7-3-5-9-19(17)24-20(25)15-10-12-16(22)13-11-15/h2-13H,22H2,1H3,(H,23,26)(H,24,25). The summed E-state index contributed by atoms with van der Waals surface area (Å²) >= 11 is 0. The molecule has 3 aromatic rings. The van der Waals surface area contributed by atoms with Gasteiger partial charge in [-0.2, -0.15) is 0 Å². The van der Waals surface area contributed by atoms with Gasteiger partial charge < -0.3 is 16.4 Å². The molecule has 0 spiro atoms. The van der Waals surface area contributed by atoms with Gasteiger partial charge in [0.15, 0.2) is 0 Å². The van der Waals surface area contributed by atoms with Crippen LogP contribution in [0.3, 0.4) is 0 Å². The fraction of sp³-hybridized carbons (Fsp3) is 0.0476. The lowest BCUT2D eigenvalue weighted by molar-refractivity contribution is 0.102. The van der Waals surface area contributed by atoms with Gasteiger partial charge in [-0.3, -0.25) is 9.59 Å². The third-order valence-electron chi connectivity index (χ3n) is 3.99. The van der Waals surface area contributed by atoms with E-state index in [0.29, 0.717) is 22.5 Å². The lowest BCUT2D eigenvalue weighted by atomic mass is 10.1. The highest BCUT2D eigenvalue weighted by Crippen LogP contribution is 2.20. The Labute approximate surface area is 151 Å². The van der Waals surface area contributed by atoms with Gasteiger partial charge in [0.2, 0.25) is 0 Å². The summed E-state index contributed by atoms with van der Waals surface area (Å²) in [5.74, 6) is -0.589. The Bertz CT molecular complexity index is 949. The van der Waals surface area contributed by atoms with Gasteiger partial charge in [0, 0.05) is 16.9 Å². The maximum absolute atomic E-state index is 12.7. The molecule has 5 heteroatoms. The number of nitrogens with one attached hydrogen (secondary N) is 2. The van der Waals surface area contributed by atoms with E-state index in [2.05, 4.69) is 10.6 Å². The molecule has 0 aliphatic heterocycles. The van der Waals surface area contributed by atoms with Gasteiger partial charge in [-0.25, -0.2) is 0 Å². The second-order valence-corrected chi connectivity index (χ2v) is 5.89. The lowest BCUT2D eigenvalue weighted by Gasteiger charge is -2.12. The number of amides is 2. The first-order valence-corrected chi connectivity index (χ1v) is 8.17. The summed E-state index contributed by atoms with van der Waals surface area (Å²) in [7, 11) is 0. The van der Waals surface area contributed by atoms with E-state index < -0.39 is 0 Å². The van der Waals surface area contributed by atoms with Crippen LogP contribution in [0.5, 0.6) is 0 Å². The molecule has 4 N–H and O–H groups in total. The van der Waals surface area contributed by atoms with Crippen molar-refractivity contribution >= 4 is 28.9 Å². The van der Waals surface area contributed by atoms with E-state index in [1.54, 1.807) is 48.5 Å². The van der Waals surface area contributed by atoms with Crippen LogP contribution in [-0.2, 0) is 0 Å². The molecule has 0 saturated heterocycles. The number of para-hydroxylation sites is 2. The van der Waals surface area contributed by atoms with Crippen LogP contribution < -0.4 is 16.4 Å². The summed E-state index contributed by atoms with van der Waals surface area (Å²) in [5, 5.41) is 5.67. The van der Waals surface area contributed by atoms with E-state index in [0.717, 1.165) is 11.3 Å². The molecule has 5 nitrogen and oxygen atoms in total. The van der Waals surface area contributed by atoms with Gasteiger partial charge in [-0.15, -0.1) is 0 Å². The first-order chi connectivity index (χ1) is 12.5. The van der Waals surface area contributed by atoms with Crippen molar-refractivity contribution in [2.45, 2.75) is 6.92 Å². The summed E-state index contributed by atoms with van der Waals surface area (Å²) in [6, 6.07) is 21.0. The van der Waals surface area contributed by atoms with Crippen molar-refractivity contribution < 1.29 is 9.59 Å². The highest BCUT2D eigenvalue weighted by Gasteiger charge is 2.14. The van der Waals surface area contributed by atoms with Crippen molar-refractivity contribution in [1.29, 1.82) is 0 Å². The maximum Gasteiger partial charge on any atom is 0.257 e. The minimum absolute atomic E-state index is 0.285. The minimum atomic E-state index is -0.304. The third kappa shape index (κ3) is 3.89. The molecular formula is C21H19N3O2. The number of hydrogen-bond acceptors (Lipinski definition) is 3. The molecule has 0 aliphatic rings. The van der Waals surface area contributed by atoms with E-state index in [-0.39, 0.29) is 11.8 Å². The zero-order valence-corrected chi connectivity index (χ0v) is 14.3. The fourth-order valence-electron chi connectivity index (χ4n) is 2.52. The summed E-state index contributed by atoms with van der Waals surface area (Å²) < 4.78 is 0. The number of carbonyl (C=O) groups is 2. The zero-order chi connectivity index (χ0) is 18.5. The molecule has 3 aromatic carbocycles. The molecular weight excluding hydrogens is 326 g/mol. The van der Waals surface area contributed by atoms with Crippen molar-refractivity contribution in [3.63, 3.8) is 0 Å². The Morgan fingerprint density at radius 1 is 0.731 bits per heavy atom. The number of aryl methyl sites for hydroxylation is 1. The first kappa shape index (κ1) is 17.2. The normalized spacial score (nSPS) is 10.2. The second-order valence-electron chi connectivity index (χ2n) is 5.89. The molecule has 3 rings (SSSR count). The van der Waals surface area contributed by atoms with E-state index in [4.69, 9.17) is 5.73 Å². The van der Waals surface area contributed by atoms with E-state index in [1.807, 2.05) is 31.2 Å². The number of benzene rings is 3. The molecule has 0 aliphatic carbocycles. The molecule has 0 saturated carbocycles. The van der Waals surface area contributed by atoms with E-state index in [1.165, 1.54) is 0 Å². The van der Waals surface area contributed by atoms with Crippen molar-refractivity contribution in [2.24, 2.45) is 0 Å². The predicted molar refractivity (Wildman–Crippen MR) is 104 cm³/mol. The highest BCUT2D eigenvalue weighted by molar-refractivity contribution is 6.12. The Hall–Kier alpha value is -3.60. The Morgan fingerprint density at radius 3 is 2.00 bits per heavy atom. The van der Waals surface area contributed by atoms with Crippen molar-refractivity contribution in [1.82, 2.24) is 0 Å². The van der Waals surface area contributed by atoms with Gasteiger partial charge in [-0.1, -0.05) is 30.3 Å². The van der Waals surface area contributed by atoms with Crippen LogP contribution in [0, 0.1) is 6.92 Å². The van der Waals surface area contributed by atoms with Gasteiger partial charge in [0.05, 0.1) is 11.3 Å². The number of rotatable bonds is 4. The summed E-state index contributed by atoms with van der Waals surface area (Å²) in [4.78, 5) is 25.1. The van der Waals surface area contributed by atoms with E-state index in [9.17, 15) is 9.59 Å². The molecule has 0 radical (unpaired) electrons. The molecule has 0 aromatic heterocycles. The summed E-state index contributed by atoms with van der Waals surface area (Å²) in [6.07, 6.45) is 0. The molecule has 26 heavy (non-hydrogen) atoms. The quantitative estimate of drug-likeness (QED) is 0.623. The van der Waals surface area contributed by atoms with Gasteiger partial charge in [0.25, 0.3) is 11.8 Å². The van der Waals surface area contributed by atoms with Crippen LogP contribution in [0.2, 0.25) is 0 Å². The second kappa shape index (κ2) is 7.53. The van der Waals surface area contributed by atoms with Crippen molar-refractivity contribution in [3.8, 4) is 0 Å². The summed E-state index contributed by atoms with van der Waals surface area (Å²) in [6.45, 7) is 1.92. The van der Waals surface area contributed by atoms with Gasteiger partial charge >= 0.3 is 0 Å². The third-order valence-corrected chi connectivity index (χ3v) is 3.99. The van der Waals surface area contributed by atoms with Crippen LogP contribution in [-0.4, -0.2) is 11.8 Å². The molecule has 0 fully saturated rings. The molecule has 0 atom stereocenters. The molecule has 130 valence electrons. The van der Waals surface area contributed by atoms with Crippen LogP contribution in [0.15, 0.2) is 72.8 Å². The molecule has 0 heterocycles. The number of hydrogen-bond donors (Lipinski definition) is 3. The highest BCUT2D eigenvalue weighted by atomic mass is 16.2. The van der Waals surface area contributed by atoms with Gasteiger partial charge in [0.1, 0.15) is 0 Å². The van der Waals surface area contributed by atoms with Crippen LogP contribution >= 0.6 is 0 Å². The zero-order valence-electron chi connectivity index (χ0n) is 14.3. The molecule has 0 unspecified atom stereocenters. The Kier molecular flexibility index (Phi) is 4.99.